The molecule has 104 valence electrons. The fourth-order valence-corrected chi connectivity index (χ4v) is 1.58. The Morgan fingerprint density at radius 1 is 1.30 bits per heavy atom. The first-order chi connectivity index (χ1) is 9.74. The standard InChI is InChI=1S/C16H17NO3/c1-13-4-6-15(7-5-13)20-12-10-17-16(18)9-8-14-3-2-11-19-14/h2-9,11H,10,12H2,1H3,(H,17,18). The molecule has 1 amide bonds. The minimum absolute atomic E-state index is 0.172. The highest BCUT2D eigenvalue weighted by molar-refractivity contribution is 5.91. The van der Waals surface area contributed by atoms with Gasteiger partial charge in [0.15, 0.2) is 0 Å². The summed E-state index contributed by atoms with van der Waals surface area (Å²) in [6, 6.07) is 11.3. The smallest absolute Gasteiger partial charge is 0.244 e. The van der Waals surface area contributed by atoms with Crippen molar-refractivity contribution < 1.29 is 13.9 Å². The maximum atomic E-state index is 11.5. The van der Waals surface area contributed by atoms with Crippen LogP contribution in [0.5, 0.6) is 5.75 Å². The van der Waals surface area contributed by atoms with E-state index < -0.39 is 0 Å². The van der Waals surface area contributed by atoms with E-state index in [0.29, 0.717) is 18.9 Å². The average molecular weight is 271 g/mol. The maximum Gasteiger partial charge on any atom is 0.244 e. The number of hydrogen-bond acceptors (Lipinski definition) is 3. The van der Waals surface area contributed by atoms with Crippen LogP contribution in [0.4, 0.5) is 0 Å². The molecule has 0 atom stereocenters. The third-order valence-electron chi connectivity index (χ3n) is 2.63. The molecular weight excluding hydrogens is 254 g/mol. The molecule has 1 aromatic carbocycles. The summed E-state index contributed by atoms with van der Waals surface area (Å²) in [5.41, 5.74) is 1.19. The Bertz CT molecular complexity index is 556. The Balaban J connectivity index is 1.65. The van der Waals surface area contributed by atoms with Crippen molar-refractivity contribution in [2.75, 3.05) is 13.2 Å². The van der Waals surface area contributed by atoms with Crippen LogP contribution < -0.4 is 10.1 Å². The van der Waals surface area contributed by atoms with Crippen molar-refractivity contribution in [3.8, 4) is 5.75 Å². The Morgan fingerprint density at radius 3 is 2.80 bits per heavy atom. The van der Waals surface area contributed by atoms with E-state index in [-0.39, 0.29) is 5.91 Å². The molecule has 0 saturated heterocycles. The van der Waals surface area contributed by atoms with Gasteiger partial charge >= 0.3 is 0 Å². The molecule has 1 heterocycles. The zero-order chi connectivity index (χ0) is 14.2. The van der Waals surface area contributed by atoms with Crippen LogP contribution in [0.25, 0.3) is 6.08 Å². The summed E-state index contributed by atoms with van der Waals surface area (Å²) in [6.45, 7) is 2.91. The van der Waals surface area contributed by atoms with Gasteiger partial charge in [-0.1, -0.05) is 17.7 Å². The number of benzene rings is 1. The maximum absolute atomic E-state index is 11.5. The third kappa shape index (κ3) is 4.65. The van der Waals surface area contributed by atoms with Gasteiger partial charge in [-0.2, -0.15) is 0 Å². The SMILES string of the molecule is Cc1ccc(OCCNC(=O)C=Cc2ccco2)cc1. The van der Waals surface area contributed by atoms with E-state index in [1.807, 2.05) is 31.2 Å². The normalized spacial score (nSPS) is 10.7. The van der Waals surface area contributed by atoms with Crippen molar-refractivity contribution in [1.82, 2.24) is 5.32 Å². The van der Waals surface area contributed by atoms with Gasteiger partial charge in [0, 0.05) is 6.08 Å². The van der Waals surface area contributed by atoms with Crippen molar-refractivity contribution in [2.45, 2.75) is 6.92 Å². The van der Waals surface area contributed by atoms with Gasteiger partial charge in [-0.05, 0) is 37.3 Å². The van der Waals surface area contributed by atoms with E-state index >= 15 is 0 Å². The Morgan fingerprint density at radius 2 is 2.10 bits per heavy atom. The highest BCUT2D eigenvalue weighted by Crippen LogP contribution is 2.10. The first-order valence-electron chi connectivity index (χ1n) is 6.43. The molecule has 0 spiro atoms. The van der Waals surface area contributed by atoms with Gasteiger partial charge in [0.05, 0.1) is 12.8 Å². The van der Waals surface area contributed by atoms with Crippen molar-refractivity contribution in [2.24, 2.45) is 0 Å². The molecule has 2 rings (SSSR count). The molecule has 0 unspecified atom stereocenters. The topological polar surface area (TPSA) is 51.5 Å². The number of nitrogens with one attached hydrogen (secondary N) is 1. The molecule has 0 saturated carbocycles. The molecule has 2 aromatic rings. The predicted molar refractivity (Wildman–Crippen MR) is 77.4 cm³/mol. The number of amides is 1. The zero-order valence-corrected chi connectivity index (χ0v) is 11.3. The van der Waals surface area contributed by atoms with Crippen LogP contribution in [0.2, 0.25) is 0 Å². The second-order valence-electron chi connectivity index (χ2n) is 4.30. The molecule has 4 nitrogen and oxygen atoms in total. The Hall–Kier alpha value is -2.49. The lowest BCUT2D eigenvalue weighted by Crippen LogP contribution is -2.26. The minimum atomic E-state index is -0.172. The van der Waals surface area contributed by atoms with Gasteiger partial charge in [-0.3, -0.25) is 4.79 Å². The summed E-state index contributed by atoms with van der Waals surface area (Å²) in [4.78, 5) is 11.5. The lowest BCUT2D eigenvalue weighted by molar-refractivity contribution is -0.116. The third-order valence-corrected chi connectivity index (χ3v) is 2.63. The first kappa shape index (κ1) is 13.9. The van der Waals surface area contributed by atoms with Crippen LogP contribution >= 0.6 is 0 Å². The van der Waals surface area contributed by atoms with E-state index in [1.54, 1.807) is 24.5 Å². The number of rotatable bonds is 6. The number of furan rings is 1. The predicted octanol–water partition coefficient (Wildman–Crippen LogP) is 2.80. The summed E-state index contributed by atoms with van der Waals surface area (Å²) in [6.07, 6.45) is 4.62. The van der Waals surface area contributed by atoms with Gasteiger partial charge in [0.25, 0.3) is 0 Å². The lowest BCUT2D eigenvalue weighted by atomic mass is 10.2. The van der Waals surface area contributed by atoms with Crippen LogP contribution in [0, 0.1) is 6.92 Å². The minimum Gasteiger partial charge on any atom is -0.492 e. The monoisotopic (exact) mass is 271 g/mol. The number of carbonyl (C=O) groups excluding carboxylic acids is 1. The van der Waals surface area contributed by atoms with Crippen molar-refractivity contribution >= 4 is 12.0 Å². The lowest BCUT2D eigenvalue weighted by Gasteiger charge is -2.06. The Kier molecular flexibility index (Phi) is 5.00. The molecule has 0 aliphatic rings. The molecule has 0 bridgehead atoms. The molecule has 0 radical (unpaired) electrons. The van der Waals surface area contributed by atoms with Gasteiger partial charge in [-0.25, -0.2) is 0 Å². The molecule has 4 heteroatoms. The molecule has 0 aliphatic heterocycles. The second kappa shape index (κ2) is 7.19. The van der Waals surface area contributed by atoms with Crippen LogP contribution in [-0.2, 0) is 4.79 Å². The fraction of sp³-hybridized carbons (Fsp3) is 0.188. The summed E-state index contributed by atoms with van der Waals surface area (Å²) >= 11 is 0. The van der Waals surface area contributed by atoms with Crippen molar-refractivity contribution in [3.05, 3.63) is 60.1 Å². The molecule has 1 aromatic heterocycles. The molecule has 0 aliphatic carbocycles. The van der Waals surface area contributed by atoms with E-state index in [1.165, 1.54) is 11.6 Å². The number of aryl methyl sites for hydroxylation is 1. The van der Waals surface area contributed by atoms with E-state index in [9.17, 15) is 4.79 Å². The highest BCUT2D eigenvalue weighted by Gasteiger charge is 1.97. The average Bonchev–Trinajstić information content (AvgIpc) is 2.96. The van der Waals surface area contributed by atoms with Crippen LogP contribution in [-0.4, -0.2) is 19.1 Å². The quantitative estimate of drug-likeness (QED) is 0.649. The molecule has 20 heavy (non-hydrogen) atoms. The van der Waals surface area contributed by atoms with Crippen LogP contribution in [0.3, 0.4) is 0 Å². The highest BCUT2D eigenvalue weighted by atomic mass is 16.5. The van der Waals surface area contributed by atoms with Crippen molar-refractivity contribution in [1.29, 1.82) is 0 Å². The summed E-state index contributed by atoms with van der Waals surface area (Å²) in [7, 11) is 0. The van der Waals surface area contributed by atoms with E-state index in [4.69, 9.17) is 9.15 Å². The summed E-state index contributed by atoms with van der Waals surface area (Å²) in [5.74, 6) is 1.28. The van der Waals surface area contributed by atoms with E-state index in [0.717, 1.165) is 5.75 Å². The van der Waals surface area contributed by atoms with Gasteiger partial charge in [0.1, 0.15) is 18.1 Å². The Labute approximate surface area is 118 Å². The number of carbonyl (C=O) groups is 1. The van der Waals surface area contributed by atoms with E-state index in [2.05, 4.69) is 5.32 Å². The van der Waals surface area contributed by atoms with Gasteiger partial charge < -0.3 is 14.5 Å². The molecule has 0 fully saturated rings. The second-order valence-corrected chi connectivity index (χ2v) is 4.30. The first-order valence-corrected chi connectivity index (χ1v) is 6.43. The van der Waals surface area contributed by atoms with Gasteiger partial charge in [0.2, 0.25) is 5.91 Å². The summed E-state index contributed by atoms with van der Waals surface area (Å²) < 4.78 is 10.6. The van der Waals surface area contributed by atoms with Gasteiger partial charge in [-0.15, -0.1) is 0 Å². The van der Waals surface area contributed by atoms with Crippen LogP contribution in [0.15, 0.2) is 53.2 Å². The molecular formula is C16H17NO3. The van der Waals surface area contributed by atoms with Crippen LogP contribution in [0.1, 0.15) is 11.3 Å². The fourth-order valence-electron chi connectivity index (χ4n) is 1.58. The number of ether oxygens (including phenoxy) is 1. The zero-order valence-electron chi connectivity index (χ0n) is 11.3. The van der Waals surface area contributed by atoms with Crippen molar-refractivity contribution in [3.63, 3.8) is 0 Å². The largest absolute Gasteiger partial charge is 0.492 e. The summed E-state index contributed by atoms with van der Waals surface area (Å²) in [5, 5.41) is 2.73. The molecule has 1 N–H and O–H groups in total. The number of hydrogen-bond donors (Lipinski definition) is 1.